The van der Waals surface area contributed by atoms with Gasteiger partial charge in [0.05, 0.1) is 21.9 Å². The van der Waals surface area contributed by atoms with Gasteiger partial charge in [-0.2, -0.15) is 0 Å². The quantitative estimate of drug-likeness (QED) is 0.335. The summed E-state index contributed by atoms with van der Waals surface area (Å²) in [5, 5.41) is 11.3. The molecule has 0 spiro atoms. The number of non-ortho nitro benzene ring substituents is 1. The summed E-state index contributed by atoms with van der Waals surface area (Å²) < 4.78 is 5.66. The Morgan fingerprint density at radius 3 is 2.59 bits per heavy atom. The van der Waals surface area contributed by atoms with E-state index in [1.807, 2.05) is 0 Å². The highest BCUT2D eigenvalue weighted by Gasteiger charge is 2.27. The zero-order valence-electron chi connectivity index (χ0n) is 12.0. The lowest BCUT2D eigenvalue weighted by atomic mass is 10.2. The number of thiophene rings is 1. The Bertz CT molecular complexity index is 830. The molecule has 2 rings (SSSR count). The fraction of sp³-hybridized carbons (Fsp3) is 0.286. The zero-order chi connectivity index (χ0) is 16.7. The number of nitro benzene ring substituents is 1. The number of ether oxygens (including phenoxy) is 1. The summed E-state index contributed by atoms with van der Waals surface area (Å²) in [7, 11) is 0. The summed E-state index contributed by atoms with van der Waals surface area (Å²) >= 11 is 7.13. The average Bonchev–Trinajstić information content (AvgIpc) is 2.73. The molecule has 2 aromatic rings. The second-order valence-electron chi connectivity index (χ2n) is 5.45. The smallest absolute Gasteiger partial charge is 0.350 e. The van der Waals surface area contributed by atoms with E-state index in [9.17, 15) is 14.9 Å². The van der Waals surface area contributed by atoms with Crippen LogP contribution in [0.5, 0.6) is 0 Å². The summed E-state index contributed by atoms with van der Waals surface area (Å²) in [4.78, 5) is 26.0. The molecule has 0 bridgehead atoms. The van der Waals surface area contributed by atoms with Gasteiger partial charge in [-0.15, -0.1) is 11.3 Å². The SMILES string of the molecule is [C-]#[N+]c1cc([N+](=O)[O-])c2c(Cl)c(C(=O)OC(C)(C)C)sc2c1. The van der Waals surface area contributed by atoms with Crippen LogP contribution in [0, 0.1) is 16.7 Å². The lowest BCUT2D eigenvalue weighted by Gasteiger charge is -2.18. The number of carbonyl (C=O) groups excluding carboxylic acids is 1. The summed E-state index contributed by atoms with van der Waals surface area (Å²) in [6.45, 7) is 12.1. The fourth-order valence-electron chi connectivity index (χ4n) is 1.82. The first kappa shape index (κ1) is 16.2. The summed E-state index contributed by atoms with van der Waals surface area (Å²) in [6.07, 6.45) is 0. The largest absolute Gasteiger partial charge is 0.456 e. The van der Waals surface area contributed by atoms with Crippen molar-refractivity contribution in [2.45, 2.75) is 26.4 Å². The van der Waals surface area contributed by atoms with Gasteiger partial charge in [-0.1, -0.05) is 11.6 Å². The van der Waals surface area contributed by atoms with Crippen LogP contribution in [-0.4, -0.2) is 16.5 Å². The number of fused-ring (bicyclic) bond motifs is 1. The molecule has 0 saturated heterocycles. The predicted molar refractivity (Wildman–Crippen MR) is 84.9 cm³/mol. The Morgan fingerprint density at radius 2 is 2.09 bits per heavy atom. The van der Waals surface area contributed by atoms with Crippen molar-refractivity contribution in [2.24, 2.45) is 0 Å². The maximum atomic E-state index is 12.2. The van der Waals surface area contributed by atoms with E-state index in [0.717, 1.165) is 17.4 Å². The van der Waals surface area contributed by atoms with Crippen molar-refractivity contribution in [2.75, 3.05) is 0 Å². The Morgan fingerprint density at radius 1 is 1.45 bits per heavy atom. The van der Waals surface area contributed by atoms with Crippen molar-refractivity contribution in [3.63, 3.8) is 0 Å². The van der Waals surface area contributed by atoms with E-state index in [0.29, 0.717) is 4.70 Å². The molecule has 1 heterocycles. The Labute approximate surface area is 135 Å². The minimum atomic E-state index is -0.704. The topological polar surface area (TPSA) is 73.8 Å². The Balaban J connectivity index is 2.68. The minimum Gasteiger partial charge on any atom is -0.456 e. The highest BCUT2D eigenvalue weighted by Crippen LogP contribution is 2.43. The van der Waals surface area contributed by atoms with Gasteiger partial charge in [0.1, 0.15) is 10.5 Å². The third kappa shape index (κ3) is 3.03. The van der Waals surface area contributed by atoms with Crippen LogP contribution in [0.3, 0.4) is 0 Å². The molecule has 0 saturated carbocycles. The number of nitro groups is 1. The predicted octanol–water partition coefficient (Wildman–Crippen LogP) is 4.97. The normalized spacial score (nSPS) is 11.2. The summed E-state index contributed by atoms with van der Waals surface area (Å²) in [5.41, 5.74) is -0.878. The number of nitrogens with zero attached hydrogens (tertiary/aromatic N) is 2. The van der Waals surface area contributed by atoms with Crippen LogP contribution in [0.1, 0.15) is 30.4 Å². The van der Waals surface area contributed by atoms with Gasteiger partial charge in [-0.05, 0) is 26.8 Å². The molecule has 0 aliphatic heterocycles. The van der Waals surface area contributed by atoms with Crippen LogP contribution >= 0.6 is 22.9 Å². The van der Waals surface area contributed by atoms with Crippen molar-refractivity contribution in [1.29, 1.82) is 0 Å². The molecule has 0 fully saturated rings. The number of hydrogen-bond donors (Lipinski definition) is 0. The fourth-order valence-corrected chi connectivity index (χ4v) is 3.29. The highest BCUT2D eigenvalue weighted by atomic mass is 35.5. The molecule has 0 amide bonds. The van der Waals surface area contributed by atoms with Gasteiger partial charge >= 0.3 is 5.97 Å². The minimum absolute atomic E-state index is 0.0162. The van der Waals surface area contributed by atoms with E-state index in [1.165, 1.54) is 6.07 Å². The lowest BCUT2D eigenvalue weighted by Crippen LogP contribution is -2.23. The van der Waals surface area contributed by atoms with Crippen molar-refractivity contribution in [1.82, 2.24) is 0 Å². The van der Waals surface area contributed by atoms with E-state index in [-0.39, 0.29) is 26.7 Å². The first-order chi connectivity index (χ1) is 10.1. The molecule has 0 atom stereocenters. The van der Waals surface area contributed by atoms with Crippen LogP contribution in [0.25, 0.3) is 14.9 Å². The Hall–Kier alpha value is -2.17. The molecule has 0 aliphatic rings. The van der Waals surface area contributed by atoms with Crippen LogP contribution < -0.4 is 0 Å². The maximum Gasteiger partial charge on any atom is 0.350 e. The second-order valence-corrected chi connectivity index (χ2v) is 6.88. The number of esters is 1. The first-order valence-electron chi connectivity index (χ1n) is 6.15. The molecule has 0 N–H and O–H groups in total. The number of benzene rings is 1. The van der Waals surface area contributed by atoms with Gasteiger partial charge in [-0.25, -0.2) is 9.64 Å². The average molecular weight is 339 g/mol. The van der Waals surface area contributed by atoms with Gasteiger partial charge in [0, 0.05) is 10.8 Å². The molecule has 0 aliphatic carbocycles. The highest BCUT2D eigenvalue weighted by molar-refractivity contribution is 7.21. The molecule has 1 aromatic heterocycles. The standard InChI is InChI=1S/C14H11ClN2O4S/c1-14(2,3)21-13(18)12-11(15)10-8(17(19)20)5-7(16-4)6-9(10)22-12/h5-6H,1-3H3. The lowest BCUT2D eigenvalue weighted by molar-refractivity contribution is -0.383. The molecule has 8 heteroatoms. The van der Waals surface area contributed by atoms with E-state index in [1.54, 1.807) is 20.8 Å². The van der Waals surface area contributed by atoms with Crippen molar-refractivity contribution >= 4 is 50.4 Å². The molecule has 114 valence electrons. The van der Waals surface area contributed by atoms with Gasteiger partial charge < -0.3 is 4.74 Å². The van der Waals surface area contributed by atoms with Gasteiger partial charge in [0.2, 0.25) is 0 Å². The maximum absolute atomic E-state index is 12.2. The number of halogens is 1. The van der Waals surface area contributed by atoms with Crippen molar-refractivity contribution in [3.8, 4) is 0 Å². The third-order valence-electron chi connectivity index (χ3n) is 2.61. The van der Waals surface area contributed by atoms with E-state index in [4.69, 9.17) is 22.9 Å². The Kier molecular flexibility index (Phi) is 4.09. The molecular formula is C14H11ClN2O4S. The third-order valence-corrected chi connectivity index (χ3v) is 4.21. The monoisotopic (exact) mass is 338 g/mol. The van der Waals surface area contributed by atoms with Crippen molar-refractivity contribution in [3.05, 3.63) is 43.6 Å². The zero-order valence-corrected chi connectivity index (χ0v) is 13.5. The summed E-state index contributed by atoms with van der Waals surface area (Å²) in [6, 6.07) is 2.62. The molecule has 6 nitrogen and oxygen atoms in total. The molecule has 0 radical (unpaired) electrons. The van der Waals surface area contributed by atoms with Gasteiger partial charge in [-0.3, -0.25) is 10.1 Å². The number of rotatable bonds is 2. The number of hydrogen-bond acceptors (Lipinski definition) is 5. The van der Waals surface area contributed by atoms with Crippen LogP contribution in [0.2, 0.25) is 5.02 Å². The summed E-state index contributed by atoms with van der Waals surface area (Å²) in [5.74, 6) is -0.641. The van der Waals surface area contributed by atoms with E-state index < -0.39 is 16.5 Å². The molecular weight excluding hydrogens is 328 g/mol. The number of carbonyl (C=O) groups is 1. The molecule has 22 heavy (non-hydrogen) atoms. The van der Waals surface area contributed by atoms with Gasteiger partial charge in [0.25, 0.3) is 5.69 Å². The van der Waals surface area contributed by atoms with Crippen LogP contribution in [-0.2, 0) is 4.74 Å². The van der Waals surface area contributed by atoms with Crippen molar-refractivity contribution < 1.29 is 14.5 Å². The van der Waals surface area contributed by atoms with E-state index in [2.05, 4.69) is 4.85 Å². The van der Waals surface area contributed by atoms with E-state index >= 15 is 0 Å². The van der Waals surface area contributed by atoms with Crippen LogP contribution in [0.4, 0.5) is 11.4 Å². The van der Waals surface area contributed by atoms with Crippen LogP contribution in [0.15, 0.2) is 12.1 Å². The van der Waals surface area contributed by atoms with Gasteiger partial charge in [0.15, 0.2) is 5.69 Å². The second kappa shape index (κ2) is 5.55. The molecule has 1 aromatic carbocycles. The first-order valence-corrected chi connectivity index (χ1v) is 7.34. The molecule has 0 unspecified atom stereocenters.